The van der Waals surface area contributed by atoms with Crippen molar-refractivity contribution < 1.29 is 5.11 Å². The molecule has 0 fully saturated rings. The van der Waals surface area contributed by atoms with E-state index in [-0.39, 0.29) is 5.92 Å². The Labute approximate surface area is 80.6 Å². The van der Waals surface area contributed by atoms with Gasteiger partial charge in [-0.1, -0.05) is 61.6 Å². The summed E-state index contributed by atoms with van der Waals surface area (Å²) in [5, 5.41) is 9.32. The molecule has 1 nitrogen and oxygen atoms in total. The van der Waals surface area contributed by atoms with Crippen LogP contribution in [-0.4, -0.2) is 13.4 Å². The standard InChI is InChI=1S/C5H9Br3O/c1-3(2)4(9)5(6,7)8/h3-4,9H,1-2H3. The third-order valence-electron chi connectivity index (χ3n) is 0.967. The van der Waals surface area contributed by atoms with Gasteiger partial charge in [-0.3, -0.25) is 0 Å². The summed E-state index contributed by atoms with van der Waals surface area (Å²) in [5.74, 6) is 0.225. The molecule has 1 unspecified atom stereocenters. The summed E-state index contributed by atoms with van der Waals surface area (Å²) in [6.07, 6.45) is -0.433. The fraction of sp³-hybridized carbons (Fsp3) is 1.00. The van der Waals surface area contributed by atoms with Crippen LogP contribution in [-0.2, 0) is 0 Å². The Morgan fingerprint density at radius 1 is 1.22 bits per heavy atom. The van der Waals surface area contributed by atoms with Gasteiger partial charge in [0.2, 0.25) is 0 Å². The van der Waals surface area contributed by atoms with E-state index in [1.165, 1.54) is 0 Å². The lowest BCUT2D eigenvalue weighted by atomic mass is 10.1. The summed E-state index contributed by atoms with van der Waals surface area (Å²) in [7, 11) is 0. The van der Waals surface area contributed by atoms with E-state index in [1.54, 1.807) is 0 Å². The van der Waals surface area contributed by atoms with Crippen molar-refractivity contribution >= 4 is 47.8 Å². The molecule has 0 radical (unpaired) electrons. The number of rotatable bonds is 1. The van der Waals surface area contributed by atoms with Crippen LogP contribution in [0.15, 0.2) is 0 Å². The molecule has 9 heavy (non-hydrogen) atoms. The number of aliphatic hydroxyl groups excluding tert-OH is 1. The van der Waals surface area contributed by atoms with Gasteiger partial charge < -0.3 is 5.11 Å². The van der Waals surface area contributed by atoms with Crippen LogP contribution in [0.4, 0.5) is 0 Å². The van der Waals surface area contributed by atoms with Gasteiger partial charge in [0.25, 0.3) is 0 Å². The second-order valence-corrected chi connectivity index (χ2v) is 9.18. The van der Waals surface area contributed by atoms with E-state index in [1.807, 2.05) is 13.8 Å². The lowest BCUT2D eigenvalue weighted by Gasteiger charge is -2.23. The predicted molar refractivity (Wildman–Crippen MR) is 50.4 cm³/mol. The SMILES string of the molecule is CC(C)C(O)C(Br)(Br)Br. The summed E-state index contributed by atoms with van der Waals surface area (Å²) in [5.41, 5.74) is 0. The van der Waals surface area contributed by atoms with Crippen LogP contribution in [0.5, 0.6) is 0 Å². The highest BCUT2D eigenvalue weighted by Crippen LogP contribution is 2.39. The average Bonchev–Trinajstić information content (AvgIpc) is 1.62. The molecule has 56 valence electrons. The quantitative estimate of drug-likeness (QED) is 0.735. The molecule has 0 aromatic rings. The Kier molecular flexibility index (Phi) is 4.27. The summed E-state index contributed by atoms with van der Waals surface area (Å²) in [4.78, 5) is 0. The number of hydrogen-bond donors (Lipinski definition) is 1. The maximum absolute atomic E-state index is 9.32. The first kappa shape index (κ1) is 10.4. The highest BCUT2D eigenvalue weighted by molar-refractivity contribution is 9.39. The molecule has 0 rings (SSSR count). The van der Waals surface area contributed by atoms with Crippen LogP contribution in [0.1, 0.15) is 13.8 Å². The zero-order valence-electron chi connectivity index (χ0n) is 5.24. The van der Waals surface area contributed by atoms with Crippen molar-refractivity contribution in [2.45, 2.75) is 22.1 Å². The van der Waals surface area contributed by atoms with Crippen LogP contribution in [0.3, 0.4) is 0 Å². The molecule has 1 N–H and O–H groups in total. The smallest absolute Gasteiger partial charge is 0.160 e. The topological polar surface area (TPSA) is 20.2 Å². The van der Waals surface area contributed by atoms with Gasteiger partial charge in [0, 0.05) is 0 Å². The number of aliphatic hydroxyl groups is 1. The average molecular weight is 325 g/mol. The fourth-order valence-corrected chi connectivity index (χ4v) is 1.96. The highest BCUT2D eigenvalue weighted by atomic mass is 80.0. The van der Waals surface area contributed by atoms with Crippen LogP contribution in [0.2, 0.25) is 0 Å². The van der Waals surface area contributed by atoms with E-state index in [9.17, 15) is 5.11 Å². The molecular weight excluding hydrogens is 316 g/mol. The van der Waals surface area contributed by atoms with Gasteiger partial charge in [0.05, 0.1) is 6.10 Å². The molecule has 0 aliphatic heterocycles. The minimum atomic E-state index is -0.527. The molecular formula is C5H9Br3O. The fourth-order valence-electron chi connectivity index (χ4n) is 0.378. The zero-order valence-corrected chi connectivity index (χ0v) is 9.99. The second kappa shape index (κ2) is 3.69. The van der Waals surface area contributed by atoms with Crippen LogP contribution in [0.25, 0.3) is 0 Å². The summed E-state index contributed by atoms with van der Waals surface area (Å²) >= 11 is 9.68. The summed E-state index contributed by atoms with van der Waals surface area (Å²) in [6.45, 7) is 3.90. The molecule has 0 aromatic carbocycles. The van der Waals surface area contributed by atoms with Crippen molar-refractivity contribution in [3.63, 3.8) is 0 Å². The van der Waals surface area contributed by atoms with Crippen molar-refractivity contribution in [3.05, 3.63) is 0 Å². The number of halogens is 3. The Hall–Kier alpha value is 1.40. The first-order valence-electron chi connectivity index (χ1n) is 2.60. The lowest BCUT2D eigenvalue weighted by molar-refractivity contribution is 0.139. The van der Waals surface area contributed by atoms with E-state index in [0.29, 0.717) is 0 Å². The lowest BCUT2D eigenvalue weighted by Crippen LogP contribution is -2.28. The molecule has 0 saturated heterocycles. The molecule has 0 aliphatic rings. The van der Waals surface area contributed by atoms with E-state index in [0.717, 1.165) is 0 Å². The van der Waals surface area contributed by atoms with Gasteiger partial charge >= 0.3 is 0 Å². The molecule has 0 aliphatic carbocycles. The molecule has 0 heterocycles. The molecule has 1 atom stereocenters. The van der Waals surface area contributed by atoms with Gasteiger partial charge in [0.1, 0.15) is 0 Å². The molecule has 0 saturated carbocycles. The Balaban J connectivity index is 3.88. The molecule has 0 spiro atoms. The monoisotopic (exact) mass is 322 g/mol. The number of alkyl halides is 3. The highest BCUT2D eigenvalue weighted by Gasteiger charge is 2.30. The van der Waals surface area contributed by atoms with Gasteiger partial charge in [-0.2, -0.15) is 0 Å². The van der Waals surface area contributed by atoms with Crippen molar-refractivity contribution in [1.29, 1.82) is 0 Å². The normalized spacial score (nSPS) is 16.3. The Morgan fingerprint density at radius 3 is 1.56 bits per heavy atom. The summed E-state index contributed by atoms with van der Waals surface area (Å²) < 4.78 is -0.527. The third-order valence-corrected chi connectivity index (χ3v) is 2.37. The van der Waals surface area contributed by atoms with Crippen LogP contribution >= 0.6 is 47.8 Å². The van der Waals surface area contributed by atoms with Gasteiger partial charge in [-0.05, 0) is 5.92 Å². The molecule has 0 amide bonds. The van der Waals surface area contributed by atoms with Gasteiger partial charge in [-0.15, -0.1) is 0 Å². The van der Waals surface area contributed by atoms with E-state index in [4.69, 9.17) is 0 Å². The van der Waals surface area contributed by atoms with Crippen LogP contribution < -0.4 is 0 Å². The van der Waals surface area contributed by atoms with Gasteiger partial charge in [-0.25, -0.2) is 0 Å². The van der Waals surface area contributed by atoms with Crippen molar-refractivity contribution in [1.82, 2.24) is 0 Å². The predicted octanol–water partition coefficient (Wildman–Crippen LogP) is 2.84. The van der Waals surface area contributed by atoms with E-state index >= 15 is 0 Å². The number of hydrogen-bond acceptors (Lipinski definition) is 1. The van der Waals surface area contributed by atoms with E-state index in [2.05, 4.69) is 47.8 Å². The Bertz CT molecular complexity index is 86.7. The maximum Gasteiger partial charge on any atom is 0.160 e. The Morgan fingerprint density at radius 2 is 1.56 bits per heavy atom. The van der Waals surface area contributed by atoms with E-state index < -0.39 is 8.25 Å². The molecule has 0 bridgehead atoms. The first-order valence-corrected chi connectivity index (χ1v) is 4.98. The zero-order chi connectivity index (χ0) is 7.65. The van der Waals surface area contributed by atoms with Crippen molar-refractivity contribution in [3.8, 4) is 0 Å². The minimum absolute atomic E-state index is 0.225. The van der Waals surface area contributed by atoms with Crippen LogP contribution in [0, 0.1) is 5.92 Å². The summed E-state index contributed by atoms with van der Waals surface area (Å²) in [6, 6.07) is 0. The van der Waals surface area contributed by atoms with Crippen molar-refractivity contribution in [2.75, 3.05) is 0 Å². The minimum Gasteiger partial charge on any atom is -0.390 e. The second-order valence-electron chi connectivity index (χ2n) is 2.23. The third kappa shape index (κ3) is 3.96. The first-order chi connectivity index (χ1) is 3.85. The molecule has 4 heteroatoms. The maximum atomic E-state index is 9.32. The van der Waals surface area contributed by atoms with Crippen molar-refractivity contribution in [2.24, 2.45) is 5.92 Å². The largest absolute Gasteiger partial charge is 0.390 e. The van der Waals surface area contributed by atoms with Gasteiger partial charge in [0.15, 0.2) is 2.14 Å². The molecule has 0 aromatic heterocycles.